The minimum atomic E-state index is 0.964. The molecule has 0 aliphatic rings. The normalized spacial score (nSPS) is 11.7. The number of benzene rings is 1. The van der Waals surface area contributed by atoms with Gasteiger partial charge in [0.15, 0.2) is 0 Å². The first-order chi connectivity index (χ1) is 10.4. The number of pyridine rings is 2. The van der Waals surface area contributed by atoms with E-state index in [-0.39, 0.29) is 0 Å². The lowest BCUT2D eigenvalue weighted by atomic mass is 10.1. The molecule has 3 heteroatoms. The maximum Gasteiger partial charge on any atom is 0.112 e. The lowest BCUT2D eigenvalue weighted by Gasteiger charge is -2.08. The summed E-state index contributed by atoms with van der Waals surface area (Å²) in [7, 11) is 0. The van der Waals surface area contributed by atoms with Gasteiger partial charge in [-0.15, -0.1) is 0 Å². The van der Waals surface area contributed by atoms with E-state index in [9.17, 15) is 0 Å². The molecule has 0 saturated heterocycles. The van der Waals surface area contributed by atoms with Crippen LogP contribution in [0.15, 0.2) is 48.8 Å². The first kappa shape index (κ1) is 12.3. The molecule has 0 unspecified atom stereocenters. The Morgan fingerprint density at radius 3 is 2.90 bits per heavy atom. The van der Waals surface area contributed by atoms with E-state index in [0.717, 1.165) is 11.9 Å². The zero-order valence-electron chi connectivity index (χ0n) is 12.1. The zero-order valence-corrected chi connectivity index (χ0v) is 12.1. The number of aryl methyl sites for hydroxylation is 1. The zero-order chi connectivity index (χ0) is 14.2. The van der Waals surface area contributed by atoms with Gasteiger partial charge in [0.2, 0.25) is 0 Å². The monoisotopic (exact) mass is 275 g/mol. The van der Waals surface area contributed by atoms with E-state index in [1.165, 1.54) is 40.2 Å². The smallest absolute Gasteiger partial charge is 0.112 e. The Morgan fingerprint density at radius 2 is 2.00 bits per heavy atom. The number of rotatable bonds is 3. The fourth-order valence-corrected chi connectivity index (χ4v) is 3.02. The average Bonchev–Trinajstić information content (AvgIpc) is 2.92. The van der Waals surface area contributed by atoms with Crippen molar-refractivity contribution in [3.63, 3.8) is 0 Å². The van der Waals surface area contributed by atoms with E-state index in [1.54, 1.807) is 0 Å². The Kier molecular flexibility index (Phi) is 2.85. The fourth-order valence-electron chi connectivity index (χ4n) is 3.02. The Bertz CT molecular complexity index is 937. The van der Waals surface area contributed by atoms with Crippen molar-refractivity contribution in [2.75, 3.05) is 0 Å². The van der Waals surface area contributed by atoms with Crippen LogP contribution in [-0.4, -0.2) is 14.6 Å². The highest BCUT2D eigenvalue weighted by Crippen LogP contribution is 2.28. The van der Waals surface area contributed by atoms with Crippen molar-refractivity contribution in [2.24, 2.45) is 0 Å². The molecule has 4 rings (SSSR count). The van der Waals surface area contributed by atoms with Gasteiger partial charge in [-0.05, 0) is 30.4 Å². The lowest BCUT2D eigenvalue weighted by Crippen LogP contribution is -1.99. The highest BCUT2D eigenvalue weighted by Gasteiger charge is 2.12. The van der Waals surface area contributed by atoms with Crippen LogP contribution in [0.1, 0.15) is 25.5 Å². The second-order valence-electron chi connectivity index (χ2n) is 5.48. The molecular weight excluding hydrogens is 258 g/mol. The summed E-state index contributed by atoms with van der Waals surface area (Å²) in [4.78, 5) is 4.20. The van der Waals surface area contributed by atoms with Crippen molar-refractivity contribution in [1.82, 2.24) is 14.6 Å². The summed E-state index contributed by atoms with van der Waals surface area (Å²) in [5.41, 5.74) is 3.45. The summed E-state index contributed by atoms with van der Waals surface area (Å²) >= 11 is 0. The van der Waals surface area contributed by atoms with Crippen molar-refractivity contribution in [3.05, 3.63) is 54.5 Å². The molecule has 0 atom stereocenters. The van der Waals surface area contributed by atoms with Crippen molar-refractivity contribution >= 4 is 27.2 Å². The first-order valence-corrected chi connectivity index (χ1v) is 7.51. The molecule has 0 aliphatic heterocycles. The maximum absolute atomic E-state index is 4.77. The Hall–Kier alpha value is -2.42. The summed E-state index contributed by atoms with van der Waals surface area (Å²) in [5, 5.41) is 8.50. The van der Waals surface area contributed by atoms with Gasteiger partial charge in [0.05, 0.1) is 11.7 Å². The number of unbranched alkanes of at least 4 members (excludes halogenated alkanes) is 1. The van der Waals surface area contributed by atoms with Crippen LogP contribution in [-0.2, 0) is 6.42 Å². The van der Waals surface area contributed by atoms with E-state index in [2.05, 4.69) is 52.8 Å². The van der Waals surface area contributed by atoms with Crippen LogP contribution < -0.4 is 0 Å². The molecule has 0 fully saturated rings. The van der Waals surface area contributed by atoms with E-state index >= 15 is 0 Å². The first-order valence-electron chi connectivity index (χ1n) is 7.51. The fraction of sp³-hybridized carbons (Fsp3) is 0.222. The number of fused-ring (bicyclic) bond motifs is 5. The van der Waals surface area contributed by atoms with Gasteiger partial charge in [-0.25, -0.2) is 4.52 Å². The van der Waals surface area contributed by atoms with Crippen LogP contribution in [0.4, 0.5) is 0 Å². The van der Waals surface area contributed by atoms with E-state index in [1.807, 2.05) is 12.4 Å². The number of nitrogens with zero attached hydrogens (tertiary/aromatic N) is 3. The van der Waals surface area contributed by atoms with Crippen molar-refractivity contribution in [3.8, 4) is 0 Å². The van der Waals surface area contributed by atoms with Gasteiger partial charge in [0.1, 0.15) is 5.52 Å². The average molecular weight is 275 g/mol. The molecule has 0 saturated carbocycles. The van der Waals surface area contributed by atoms with Gasteiger partial charge in [-0.1, -0.05) is 37.6 Å². The third-order valence-electron chi connectivity index (χ3n) is 4.07. The van der Waals surface area contributed by atoms with Crippen molar-refractivity contribution < 1.29 is 0 Å². The van der Waals surface area contributed by atoms with Crippen LogP contribution in [0.3, 0.4) is 0 Å². The van der Waals surface area contributed by atoms with Crippen LogP contribution in [0.2, 0.25) is 0 Å². The minimum absolute atomic E-state index is 0.964. The van der Waals surface area contributed by atoms with Gasteiger partial charge in [-0.2, -0.15) is 5.10 Å². The number of hydrogen-bond donors (Lipinski definition) is 0. The van der Waals surface area contributed by atoms with Gasteiger partial charge < -0.3 is 0 Å². The van der Waals surface area contributed by atoms with Crippen molar-refractivity contribution in [1.29, 1.82) is 0 Å². The molecule has 0 bridgehead atoms. The third kappa shape index (κ3) is 1.88. The Balaban J connectivity index is 2.16. The summed E-state index contributed by atoms with van der Waals surface area (Å²) < 4.78 is 2.12. The molecule has 0 N–H and O–H groups in total. The third-order valence-corrected chi connectivity index (χ3v) is 4.07. The molecule has 0 amide bonds. The Labute approximate surface area is 123 Å². The molecule has 3 aromatic heterocycles. The summed E-state index contributed by atoms with van der Waals surface area (Å²) in [6, 6.07) is 12.9. The predicted molar refractivity (Wildman–Crippen MR) is 86.6 cm³/mol. The molecule has 3 heterocycles. The van der Waals surface area contributed by atoms with Crippen LogP contribution in [0.5, 0.6) is 0 Å². The molecule has 104 valence electrons. The highest BCUT2D eigenvalue weighted by molar-refractivity contribution is 6.09. The predicted octanol–water partition coefficient (Wildman–Crippen LogP) is 4.38. The van der Waals surface area contributed by atoms with Crippen LogP contribution in [0.25, 0.3) is 27.2 Å². The molecule has 3 nitrogen and oxygen atoms in total. The summed E-state index contributed by atoms with van der Waals surface area (Å²) in [6.07, 6.45) is 7.12. The lowest BCUT2D eigenvalue weighted by molar-refractivity contribution is 0.748. The Morgan fingerprint density at radius 1 is 1.10 bits per heavy atom. The number of aromatic nitrogens is 3. The molecular formula is C18H17N3. The van der Waals surface area contributed by atoms with Crippen molar-refractivity contribution in [2.45, 2.75) is 26.2 Å². The van der Waals surface area contributed by atoms with Gasteiger partial charge >= 0.3 is 0 Å². The molecule has 1 aromatic carbocycles. The second kappa shape index (κ2) is 4.85. The SMILES string of the molecule is CCCCc1cc2ccccc2c2c3ccncc3nn12. The second-order valence-corrected chi connectivity index (χ2v) is 5.48. The largest absolute Gasteiger partial charge is 0.262 e. The molecule has 4 aromatic rings. The topological polar surface area (TPSA) is 30.2 Å². The van der Waals surface area contributed by atoms with Crippen LogP contribution in [0, 0.1) is 0 Å². The molecule has 0 spiro atoms. The summed E-state index contributed by atoms with van der Waals surface area (Å²) in [6.45, 7) is 2.22. The standard InChI is InChI=1S/C18H17N3/c1-2-3-7-14-11-13-6-4-5-8-15(13)18-16-9-10-19-12-17(16)20-21(14)18/h4-6,8-12H,2-3,7H2,1H3. The van der Waals surface area contributed by atoms with E-state index in [0.29, 0.717) is 0 Å². The van der Waals surface area contributed by atoms with E-state index < -0.39 is 0 Å². The highest BCUT2D eigenvalue weighted by atomic mass is 15.2. The molecule has 0 aliphatic carbocycles. The molecule has 21 heavy (non-hydrogen) atoms. The summed E-state index contributed by atoms with van der Waals surface area (Å²) in [5.74, 6) is 0. The number of hydrogen-bond acceptors (Lipinski definition) is 2. The maximum atomic E-state index is 4.77. The van der Waals surface area contributed by atoms with E-state index in [4.69, 9.17) is 5.10 Å². The molecule has 0 radical (unpaired) electrons. The van der Waals surface area contributed by atoms with Gasteiger partial charge in [0, 0.05) is 22.7 Å². The minimum Gasteiger partial charge on any atom is -0.262 e. The van der Waals surface area contributed by atoms with Gasteiger partial charge in [-0.3, -0.25) is 4.98 Å². The van der Waals surface area contributed by atoms with Crippen LogP contribution >= 0.6 is 0 Å². The quantitative estimate of drug-likeness (QED) is 0.555. The van der Waals surface area contributed by atoms with Gasteiger partial charge in [0.25, 0.3) is 0 Å².